The molecule has 0 aliphatic rings. The standard InChI is InChI=1S/C16H26N6S3/c1-21-8-4-17-14(21)12-24-10-6-19-16(23-3)20-7-11-25-13-15-18-5-9-22(15)2/h4-5,8-9H,6-7,10-13H2,1-3H3,(H,19,20). The summed E-state index contributed by atoms with van der Waals surface area (Å²) in [6.45, 7) is 1.76. The number of hydrogen-bond donors (Lipinski definition) is 1. The van der Waals surface area contributed by atoms with Crippen LogP contribution in [0.25, 0.3) is 0 Å². The Labute approximate surface area is 162 Å². The van der Waals surface area contributed by atoms with Gasteiger partial charge in [0.25, 0.3) is 0 Å². The number of rotatable bonds is 10. The molecule has 6 nitrogen and oxygen atoms in total. The molecule has 0 unspecified atom stereocenters. The van der Waals surface area contributed by atoms with Gasteiger partial charge in [0.15, 0.2) is 5.17 Å². The number of imidazole rings is 2. The highest BCUT2D eigenvalue weighted by atomic mass is 32.2. The topological polar surface area (TPSA) is 60.0 Å². The van der Waals surface area contributed by atoms with Crippen LogP contribution in [0, 0.1) is 0 Å². The summed E-state index contributed by atoms with van der Waals surface area (Å²) in [7, 11) is 4.06. The van der Waals surface area contributed by atoms with Gasteiger partial charge in [-0.15, -0.1) is 0 Å². The number of thioether (sulfide) groups is 3. The lowest BCUT2D eigenvalue weighted by molar-refractivity contribution is 0.848. The first kappa shape index (κ1) is 20.3. The summed E-state index contributed by atoms with van der Waals surface area (Å²) >= 11 is 5.43. The van der Waals surface area contributed by atoms with Crippen molar-refractivity contribution in [1.29, 1.82) is 0 Å². The Kier molecular flexibility index (Phi) is 9.35. The van der Waals surface area contributed by atoms with E-state index in [0.29, 0.717) is 0 Å². The Morgan fingerprint density at radius 1 is 1.04 bits per heavy atom. The Bertz CT molecular complexity index is 652. The second-order valence-electron chi connectivity index (χ2n) is 5.33. The molecule has 0 saturated carbocycles. The molecule has 0 spiro atoms. The highest BCUT2D eigenvalue weighted by molar-refractivity contribution is 8.13. The van der Waals surface area contributed by atoms with Crippen molar-refractivity contribution in [2.45, 2.75) is 11.5 Å². The summed E-state index contributed by atoms with van der Waals surface area (Å²) in [4.78, 5) is 13.3. The van der Waals surface area contributed by atoms with Crippen molar-refractivity contribution >= 4 is 40.5 Å². The molecule has 0 aliphatic heterocycles. The maximum absolute atomic E-state index is 4.64. The van der Waals surface area contributed by atoms with Crippen LogP contribution in [0.15, 0.2) is 29.8 Å². The van der Waals surface area contributed by atoms with Crippen LogP contribution in [-0.4, -0.2) is 55.1 Å². The normalized spacial score (nSPS) is 11.9. The van der Waals surface area contributed by atoms with Gasteiger partial charge >= 0.3 is 0 Å². The molecule has 0 atom stereocenters. The second kappa shape index (κ2) is 11.5. The van der Waals surface area contributed by atoms with E-state index in [-0.39, 0.29) is 0 Å². The largest absolute Gasteiger partial charge is 0.364 e. The van der Waals surface area contributed by atoms with Crippen molar-refractivity contribution < 1.29 is 0 Å². The smallest absolute Gasteiger partial charge is 0.156 e. The minimum Gasteiger partial charge on any atom is -0.364 e. The zero-order chi connectivity index (χ0) is 17.9. The number of amidine groups is 1. The number of nitrogens with one attached hydrogen (secondary N) is 1. The molecular weight excluding hydrogens is 372 g/mol. The van der Waals surface area contributed by atoms with Crippen molar-refractivity contribution in [3.63, 3.8) is 0 Å². The molecule has 2 aromatic rings. The average Bonchev–Trinajstić information content (AvgIpc) is 3.21. The third kappa shape index (κ3) is 7.37. The highest BCUT2D eigenvalue weighted by Gasteiger charge is 2.01. The molecule has 25 heavy (non-hydrogen) atoms. The van der Waals surface area contributed by atoms with Crippen LogP contribution in [0.1, 0.15) is 11.6 Å². The molecular formula is C16H26N6S3. The van der Waals surface area contributed by atoms with E-state index >= 15 is 0 Å². The zero-order valence-electron chi connectivity index (χ0n) is 15.0. The predicted octanol–water partition coefficient (Wildman–Crippen LogP) is 2.63. The molecule has 138 valence electrons. The van der Waals surface area contributed by atoms with Crippen molar-refractivity contribution in [2.75, 3.05) is 30.9 Å². The van der Waals surface area contributed by atoms with E-state index in [2.05, 4.69) is 35.7 Å². The van der Waals surface area contributed by atoms with E-state index in [9.17, 15) is 0 Å². The molecule has 1 N–H and O–H groups in total. The van der Waals surface area contributed by atoms with E-state index in [1.165, 1.54) is 0 Å². The van der Waals surface area contributed by atoms with Crippen molar-refractivity contribution in [3.05, 3.63) is 36.4 Å². The molecule has 2 rings (SSSR count). The third-order valence-electron chi connectivity index (χ3n) is 3.51. The first-order valence-electron chi connectivity index (χ1n) is 8.11. The van der Waals surface area contributed by atoms with Gasteiger partial charge in [0.05, 0.1) is 18.1 Å². The summed E-state index contributed by atoms with van der Waals surface area (Å²) < 4.78 is 4.13. The van der Waals surface area contributed by atoms with Crippen LogP contribution < -0.4 is 5.32 Å². The Morgan fingerprint density at radius 3 is 2.16 bits per heavy atom. The summed E-state index contributed by atoms with van der Waals surface area (Å²) in [6.07, 6.45) is 9.72. The summed E-state index contributed by atoms with van der Waals surface area (Å²) in [6, 6.07) is 0. The molecule has 0 saturated heterocycles. The Balaban J connectivity index is 1.55. The lowest BCUT2D eigenvalue weighted by Gasteiger charge is -2.08. The maximum Gasteiger partial charge on any atom is 0.156 e. The quantitative estimate of drug-likeness (QED) is 0.377. The number of hydrogen-bond acceptors (Lipinski definition) is 6. The van der Waals surface area contributed by atoms with E-state index in [1.54, 1.807) is 11.8 Å². The number of aryl methyl sites for hydroxylation is 2. The first-order valence-corrected chi connectivity index (χ1v) is 11.6. The molecule has 0 fully saturated rings. The molecule has 0 amide bonds. The molecule has 0 aliphatic carbocycles. The zero-order valence-corrected chi connectivity index (χ0v) is 17.5. The van der Waals surface area contributed by atoms with E-state index in [4.69, 9.17) is 0 Å². The fourth-order valence-corrected chi connectivity index (χ4v) is 4.18. The van der Waals surface area contributed by atoms with Gasteiger partial charge < -0.3 is 14.5 Å². The van der Waals surface area contributed by atoms with Crippen LogP contribution >= 0.6 is 35.3 Å². The van der Waals surface area contributed by atoms with Crippen molar-refractivity contribution in [1.82, 2.24) is 24.4 Å². The van der Waals surface area contributed by atoms with Crippen molar-refractivity contribution in [2.24, 2.45) is 19.1 Å². The van der Waals surface area contributed by atoms with Gasteiger partial charge in [-0.1, -0.05) is 11.8 Å². The monoisotopic (exact) mass is 398 g/mol. The molecule has 0 bridgehead atoms. The van der Waals surface area contributed by atoms with Gasteiger partial charge in [-0.3, -0.25) is 4.99 Å². The minimum absolute atomic E-state index is 0.832. The summed E-state index contributed by atoms with van der Waals surface area (Å²) in [5.41, 5.74) is 0. The van der Waals surface area contributed by atoms with Crippen LogP contribution in [0.3, 0.4) is 0 Å². The van der Waals surface area contributed by atoms with E-state index in [0.717, 1.165) is 52.9 Å². The predicted molar refractivity (Wildman–Crippen MR) is 113 cm³/mol. The van der Waals surface area contributed by atoms with E-state index in [1.807, 2.05) is 62.4 Å². The van der Waals surface area contributed by atoms with Crippen LogP contribution in [0.5, 0.6) is 0 Å². The van der Waals surface area contributed by atoms with Crippen molar-refractivity contribution in [3.8, 4) is 0 Å². The summed E-state index contributed by atoms with van der Waals surface area (Å²) in [5.74, 6) is 6.16. The van der Waals surface area contributed by atoms with Crippen LogP contribution in [-0.2, 0) is 25.6 Å². The van der Waals surface area contributed by atoms with Crippen LogP contribution in [0.2, 0.25) is 0 Å². The van der Waals surface area contributed by atoms with Gasteiger partial charge in [-0.2, -0.15) is 23.5 Å². The highest BCUT2D eigenvalue weighted by Crippen LogP contribution is 2.10. The number of nitrogens with zero attached hydrogens (tertiary/aromatic N) is 5. The SMILES string of the molecule is CSC(=NCCSCc1nccn1C)NCCSCc1nccn1C. The molecule has 0 radical (unpaired) electrons. The maximum atomic E-state index is 4.64. The fraction of sp³-hybridized carbons (Fsp3) is 0.562. The minimum atomic E-state index is 0.832. The van der Waals surface area contributed by atoms with Gasteiger partial charge in [0, 0.05) is 56.9 Å². The van der Waals surface area contributed by atoms with Gasteiger partial charge in [0.2, 0.25) is 0 Å². The lowest BCUT2D eigenvalue weighted by atomic mass is 10.7. The molecule has 2 heterocycles. The summed E-state index contributed by atoms with van der Waals surface area (Å²) in [5, 5.41) is 4.44. The van der Waals surface area contributed by atoms with E-state index < -0.39 is 0 Å². The third-order valence-corrected chi connectivity index (χ3v) is 6.06. The second-order valence-corrected chi connectivity index (χ2v) is 8.34. The molecule has 9 heteroatoms. The van der Waals surface area contributed by atoms with Gasteiger partial charge in [-0.25, -0.2) is 9.97 Å². The van der Waals surface area contributed by atoms with Gasteiger partial charge in [-0.05, 0) is 6.26 Å². The fourth-order valence-electron chi connectivity index (χ4n) is 2.03. The first-order chi connectivity index (χ1) is 12.2. The average molecular weight is 399 g/mol. The van der Waals surface area contributed by atoms with Gasteiger partial charge in [0.1, 0.15) is 11.6 Å². The van der Waals surface area contributed by atoms with Crippen LogP contribution in [0.4, 0.5) is 0 Å². The lowest BCUT2D eigenvalue weighted by Crippen LogP contribution is -2.23. The Hall–Kier alpha value is -1.06. The number of aliphatic imine (C=N–C) groups is 1. The Morgan fingerprint density at radius 2 is 1.64 bits per heavy atom. The number of aromatic nitrogens is 4. The molecule has 0 aromatic carbocycles. The molecule has 2 aromatic heterocycles.